The first-order valence-electron chi connectivity index (χ1n) is 31.6. The molecular formula is C50H33NO. The number of benzene rings is 9. The third-order valence-electron chi connectivity index (χ3n) is 7.83. The van der Waals surface area contributed by atoms with E-state index in [1.165, 1.54) is 0 Å². The van der Waals surface area contributed by atoms with Gasteiger partial charge in [-0.05, 0) is 103 Å². The van der Waals surface area contributed by atoms with Crippen molar-refractivity contribution >= 4 is 60.5 Å². The van der Waals surface area contributed by atoms with Gasteiger partial charge in [-0.25, -0.2) is 0 Å². The molecule has 0 radical (unpaired) electrons. The van der Waals surface area contributed by atoms with Crippen LogP contribution in [0.25, 0.3) is 76.9 Å². The van der Waals surface area contributed by atoms with Crippen LogP contribution in [0.5, 0.6) is 0 Å². The number of hydrogen-bond donors (Lipinski definition) is 0. The molecule has 0 spiro atoms. The lowest BCUT2D eigenvalue weighted by atomic mass is 9.97. The van der Waals surface area contributed by atoms with Gasteiger partial charge in [-0.15, -0.1) is 0 Å². The Bertz CT molecular complexity index is 4560. The summed E-state index contributed by atoms with van der Waals surface area (Å²) >= 11 is 0. The van der Waals surface area contributed by atoms with Crippen LogP contribution >= 0.6 is 0 Å². The van der Waals surface area contributed by atoms with Crippen molar-refractivity contribution < 1.29 is 49.7 Å². The van der Waals surface area contributed by atoms with Crippen LogP contribution in [-0.2, 0) is 0 Å². The van der Waals surface area contributed by atoms with E-state index < -0.39 is 293 Å². The number of hydrogen-bond acceptors (Lipinski definition) is 2. The van der Waals surface area contributed by atoms with Gasteiger partial charge in [0.25, 0.3) is 0 Å². The summed E-state index contributed by atoms with van der Waals surface area (Å²) in [6.07, 6.45) is 0. The van der Waals surface area contributed by atoms with Crippen molar-refractivity contribution in [3.8, 4) is 33.4 Å². The van der Waals surface area contributed by atoms with Gasteiger partial charge in [-0.2, -0.15) is 0 Å². The summed E-state index contributed by atoms with van der Waals surface area (Å²) in [6.45, 7) is 0. The first-order valence-corrected chi connectivity index (χ1v) is 15.1. The van der Waals surface area contributed by atoms with Crippen LogP contribution in [0.1, 0.15) is 45.2 Å². The fourth-order valence-corrected chi connectivity index (χ4v) is 5.54. The standard InChI is InChI=1S/C50H33NO/c1-3-17-42-34(11-1)13-8-20-44(42)36-25-29-39(30-26-36)51(40-31-27-37(28-32-40)45-21-9-14-35-12-2-4-18-43(35)45)41-16-7-15-38(33-41)46-22-10-24-49-50(46)47-19-5-6-23-48(47)52-49/h1-33H/i1D,2D,3D,4D,5D,6D,7D,8D,9D,10D,11D,12D,13D,14D,15D,16D,17D,18D,19D,20D,21D,22D,23D,24D,25D,26D,27D,28D,29D,30D,31D,32D,33D. The van der Waals surface area contributed by atoms with Crippen molar-refractivity contribution in [1.82, 2.24) is 0 Å². The van der Waals surface area contributed by atoms with Crippen molar-refractivity contribution in [2.24, 2.45) is 0 Å². The molecule has 0 N–H and O–H groups in total. The zero-order chi connectivity index (χ0) is 63.2. The number of nitrogens with zero attached hydrogens (tertiary/aromatic N) is 1. The Hall–Kier alpha value is -6.90. The zero-order valence-electron chi connectivity index (χ0n) is 58.9. The number of para-hydroxylation sites is 1. The Labute approximate surface area is 348 Å². The number of rotatable bonds is 6. The number of anilines is 3. The molecule has 0 amide bonds. The molecule has 244 valence electrons. The van der Waals surface area contributed by atoms with Crippen molar-refractivity contribution in [3.05, 3.63) is 199 Å². The average molecular weight is 697 g/mol. The van der Waals surface area contributed by atoms with E-state index in [4.69, 9.17) is 31.8 Å². The summed E-state index contributed by atoms with van der Waals surface area (Å²) in [5.74, 6) is 0. The monoisotopic (exact) mass is 696 g/mol. The molecule has 0 unspecified atom stereocenters. The molecular weight excluding hydrogens is 631 g/mol. The molecule has 10 rings (SSSR count). The third-order valence-corrected chi connectivity index (χ3v) is 7.83. The second-order valence-electron chi connectivity index (χ2n) is 10.8. The minimum absolute atomic E-state index is 0.255. The summed E-state index contributed by atoms with van der Waals surface area (Å²) in [4.78, 5) is 0.255. The van der Waals surface area contributed by atoms with Gasteiger partial charge in [-0.3, -0.25) is 0 Å². The van der Waals surface area contributed by atoms with Crippen LogP contribution in [0.3, 0.4) is 0 Å². The largest absolute Gasteiger partial charge is 0.456 e. The van der Waals surface area contributed by atoms with Gasteiger partial charge in [0.15, 0.2) is 0 Å². The minimum atomic E-state index is -1.36. The maximum atomic E-state index is 10.0. The van der Waals surface area contributed by atoms with Crippen molar-refractivity contribution in [2.75, 3.05) is 4.90 Å². The van der Waals surface area contributed by atoms with E-state index in [0.29, 0.717) is 0 Å². The smallest absolute Gasteiger partial charge is 0.136 e. The van der Waals surface area contributed by atoms with Gasteiger partial charge in [-0.1, -0.05) is 151 Å². The molecule has 1 heterocycles. The maximum Gasteiger partial charge on any atom is 0.136 e. The molecule has 0 aliphatic carbocycles. The molecule has 0 saturated heterocycles. The number of furan rings is 1. The van der Waals surface area contributed by atoms with Crippen LogP contribution in [0.15, 0.2) is 204 Å². The Morgan fingerprint density at radius 2 is 0.827 bits per heavy atom. The molecule has 1 aromatic heterocycles. The highest BCUT2D eigenvalue weighted by molar-refractivity contribution is 6.12. The second kappa shape index (κ2) is 12.5. The average Bonchev–Trinajstić information content (AvgIpc) is 1.88. The lowest BCUT2D eigenvalue weighted by molar-refractivity contribution is 0.669. The van der Waals surface area contributed by atoms with Gasteiger partial charge in [0.2, 0.25) is 0 Å². The molecule has 2 heteroatoms. The van der Waals surface area contributed by atoms with Crippen molar-refractivity contribution in [3.63, 3.8) is 0 Å². The third kappa shape index (κ3) is 5.12. The zero-order valence-corrected chi connectivity index (χ0v) is 25.9. The van der Waals surface area contributed by atoms with E-state index in [1.54, 1.807) is 0 Å². The normalized spacial score (nSPS) is 20.3. The van der Waals surface area contributed by atoms with Crippen molar-refractivity contribution in [1.29, 1.82) is 0 Å². The highest BCUT2D eigenvalue weighted by Crippen LogP contribution is 2.42. The molecule has 10 aromatic rings. The van der Waals surface area contributed by atoms with Gasteiger partial charge in [0.05, 0.1) is 45.2 Å². The topological polar surface area (TPSA) is 16.4 Å². The second-order valence-corrected chi connectivity index (χ2v) is 10.8. The molecule has 52 heavy (non-hydrogen) atoms. The van der Waals surface area contributed by atoms with E-state index in [-0.39, 0.29) is 4.90 Å². The summed E-state index contributed by atoms with van der Waals surface area (Å²) in [5, 5.41) is -3.96. The molecule has 0 bridgehead atoms. The van der Waals surface area contributed by atoms with Crippen LogP contribution < -0.4 is 4.90 Å². The van der Waals surface area contributed by atoms with Crippen molar-refractivity contribution in [2.45, 2.75) is 0 Å². The molecule has 0 atom stereocenters. The van der Waals surface area contributed by atoms with Crippen LogP contribution in [0.4, 0.5) is 17.1 Å². The molecule has 0 fully saturated rings. The Kier molecular flexibility index (Phi) is 2.77. The molecule has 2 nitrogen and oxygen atoms in total. The van der Waals surface area contributed by atoms with Gasteiger partial charge in [0, 0.05) is 27.8 Å². The van der Waals surface area contributed by atoms with E-state index in [1.807, 2.05) is 0 Å². The first kappa shape index (κ1) is 11.6. The van der Waals surface area contributed by atoms with Crippen LogP contribution in [-0.4, -0.2) is 0 Å². The highest BCUT2D eigenvalue weighted by Gasteiger charge is 2.17. The first-order chi connectivity index (χ1) is 39.5. The summed E-state index contributed by atoms with van der Waals surface area (Å²) in [7, 11) is 0. The molecule has 9 aromatic carbocycles. The summed E-state index contributed by atoms with van der Waals surface area (Å²) < 4.78 is 303. The fourth-order valence-electron chi connectivity index (χ4n) is 5.54. The van der Waals surface area contributed by atoms with Gasteiger partial charge >= 0.3 is 0 Å². The van der Waals surface area contributed by atoms with E-state index in [0.717, 1.165) is 0 Å². The predicted octanol–water partition coefficient (Wildman–Crippen LogP) is 14.4. The Balaban J connectivity index is 1.42. The molecule has 0 saturated carbocycles. The predicted molar refractivity (Wildman–Crippen MR) is 220 cm³/mol. The summed E-state index contributed by atoms with van der Waals surface area (Å²) in [6, 6.07) is -35.1. The summed E-state index contributed by atoms with van der Waals surface area (Å²) in [5.41, 5.74) is -10.6. The van der Waals surface area contributed by atoms with Crippen LogP contribution in [0, 0.1) is 0 Å². The number of fused-ring (bicyclic) bond motifs is 5. The molecule has 0 aliphatic rings. The van der Waals surface area contributed by atoms with Gasteiger partial charge < -0.3 is 9.32 Å². The fraction of sp³-hybridized carbons (Fsp3) is 0. The van der Waals surface area contributed by atoms with E-state index in [2.05, 4.69) is 0 Å². The SMILES string of the molecule is [2H]c1c([2H])c(-c2c([2H])c([2H])c([2H])c3oc4c([2H])c([2H])c([2H])c([2H])c4c23)c([2H])c(N(c2c([2H])c([2H])c(-c3c([2H])c([2H])c([2H])c4c([2H])c([2H])c([2H])c([2H])c34)c([2H])c2[2H])c2c([2H])c([2H])c(-c3c([2H])c([2H])c([2H])c4c([2H])c([2H])c([2H])c([2H])c34)c([2H])c2[2H])c1[2H]. The van der Waals surface area contributed by atoms with Gasteiger partial charge in [0.1, 0.15) is 11.2 Å². The lowest BCUT2D eigenvalue weighted by Crippen LogP contribution is -2.10. The molecule has 0 aliphatic heterocycles. The minimum Gasteiger partial charge on any atom is -0.456 e. The lowest BCUT2D eigenvalue weighted by Gasteiger charge is -2.26. The Morgan fingerprint density at radius 1 is 0.346 bits per heavy atom. The van der Waals surface area contributed by atoms with E-state index in [9.17, 15) is 17.8 Å². The highest BCUT2D eigenvalue weighted by atomic mass is 16.3. The van der Waals surface area contributed by atoms with Crippen LogP contribution in [0.2, 0.25) is 0 Å². The quantitative estimate of drug-likeness (QED) is 0.172. The van der Waals surface area contributed by atoms with E-state index >= 15 is 0 Å². The maximum absolute atomic E-state index is 10.0. The Morgan fingerprint density at radius 3 is 1.46 bits per heavy atom.